The summed E-state index contributed by atoms with van der Waals surface area (Å²) >= 11 is 0. The highest BCUT2D eigenvalue weighted by Crippen LogP contribution is 2.23. The van der Waals surface area contributed by atoms with Gasteiger partial charge in [-0.3, -0.25) is 0 Å². The number of carbonyl (C=O) groups is 1. The van der Waals surface area contributed by atoms with Crippen LogP contribution in [0.5, 0.6) is 0 Å². The van der Waals surface area contributed by atoms with Gasteiger partial charge in [0.2, 0.25) is 5.89 Å². The number of benzene rings is 1. The van der Waals surface area contributed by atoms with Crippen molar-refractivity contribution in [3.63, 3.8) is 0 Å². The van der Waals surface area contributed by atoms with E-state index in [0.29, 0.717) is 17.3 Å². The Balaban J connectivity index is 1.45. The van der Waals surface area contributed by atoms with Crippen molar-refractivity contribution in [1.82, 2.24) is 25.0 Å². The second-order valence-electron chi connectivity index (χ2n) is 7.10. The Morgan fingerprint density at radius 3 is 2.47 bits per heavy atom. The SMILES string of the molecule is Cc1ccc(-c2nnc(C(C)OC(=O)c3ccc(-n4nc(C)cc4C)nc3)o2)cc1. The van der Waals surface area contributed by atoms with Crippen LogP contribution in [0.4, 0.5) is 0 Å². The quantitative estimate of drug-likeness (QED) is 0.462. The van der Waals surface area contributed by atoms with Crippen LogP contribution in [0.15, 0.2) is 53.1 Å². The molecule has 3 heterocycles. The lowest BCUT2D eigenvalue weighted by Gasteiger charge is -2.10. The molecule has 30 heavy (non-hydrogen) atoms. The Hall–Kier alpha value is -3.81. The Kier molecular flexibility index (Phi) is 5.14. The lowest BCUT2D eigenvalue weighted by atomic mass is 10.1. The number of aromatic nitrogens is 5. The summed E-state index contributed by atoms with van der Waals surface area (Å²) in [5, 5.41) is 12.4. The number of nitrogens with zero attached hydrogens (tertiary/aromatic N) is 5. The molecule has 0 N–H and O–H groups in total. The molecule has 8 nitrogen and oxygen atoms in total. The summed E-state index contributed by atoms with van der Waals surface area (Å²) in [4.78, 5) is 16.8. The second kappa shape index (κ2) is 7.90. The summed E-state index contributed by atoms with van der Waals surface area (Å²) in [5.41, 5.74) is 4.13. The van der Waals surface area contributed by atoms with Crippen molar-refractivity contribution in [2.75, 3.05) is 0 Å². The van der Waals surface area contributed by atoms with Gasteiger partial charge in [0, 0.05) is 17.5 Å². The average molecular weight is 403 g/mol. The maximum absolute atomic E-state index is 12.5. The van der Waals surface area contributed by atoms with Gasteiger partial charge in [-0.2, -0.15) is 5.10 Å². The van der Waals surface area contributed by atoms with Crippen molar-refractivity contribution in [3.05, 3.63) is 77.1 Å². The van der Waals surface area contributed by atoms with Crippen molar-refractivity contribution < 1.29 is 13.9 Å². The first kappa shape index (κ1) is 19.5. The summed E-state index contributed by atoms with van der Waals surface area (Å²) in [7, 11) is 0. The maximum Gasteiger partial charge on any atom is 0.340 e. The molecule has 152 valence electrons. The first-order chi connectivity index (χ1) is 14.4. The zero-order chi connectivity index (χ0) is 21.3. The number of carbonyl (C=O) groups excluding carboxylic acids is 1. The molecule has 1 atom stereocenters. The number of esters is 1. The highest BCUT2D eigenvalue weighted by atomic mass is 16.6. The van der Waals surface area contributed by atoms with Gasteiger partial charge >= 0.3 is 5.97 Å². The molecule has 4 rings (SSSR count). The summed E-state index contributed by atoms with van der Waals surface area (Å²) in [6.07, 6.45) is 0.770. The van der Waals surface area contributed by atoms with E-state index in [0.717, 1.165) is 22.5 Å². The molecule has 0 amide bonds. The van der Waals surface area contributed by atoms with Crippen LogP contribution in [-0.2, 0) is 4.74 Å². The number of hydrogen-bond acceptors (Lipinski definition) is 7. The third kappa shape index (κ3) is 3.98. The smallest absolute Gasteiger partial charge is 0.340 e. The molecular weight excluding hydrogens is 382 g/mol. The topological polar surface area (TPSA) is 95.9 Å². The zero-order valence-corrected chi connectivity index (χ0v) is 17.2. The Morgan fingerprint density at radius 2 is 1.83 bits per heavy atom. The van der Waals surface area contributed by atoms with Gasteiger partial charge in [0.25, 0.3) is 5.89 Å². The standard InChI is InChI=1S/C22H21N5O3/c1-13-5-7-17(8-6-13)21-25-24-20(30-21)16(4)29-22(28)18-9-10-19(23-12-18)27-15(3)11-14(2)26-27/h5-12,16H,1-4H3. The Bertz CT molecular complexity index is 1180. The summed E-state index contributed by atoms with van der Waals surface area (Å²) < 4.78 is 12.9. The summed E-state index contributed by atoms with van der Waals surface area (Å²) in [6, 6.07) is 13.1. The highest BCUT2D eigenvalue weighted by Gasteiger charge is 2.20. The molecule has 0 aliphatic heterocycles. The molecule has 1 unspecified atom stereocenters. The molecular formula is C22H21N5O3. The average Bonchev–Trinajstić information content (AvgIpc) is 3.35. The Labute approximate surface area is 173 Å². The number of hydrogen-bond donors (Lipinski definition) is 0. The van der Waals surface area contributed by atoms with E-state index >= 15 is 0 Å². The van der Waals surface area contributed by atoms with Gasteiger partial charge in [-0.25, -0.2) is 14.5 Å². The number of pyridine rings is 1. The first-order valence-electron chi connectivity index (χ1n) is 9.52. The predicted octanol–water partition coefficient (Wildman–Crippen LogP) is 4.16. The van der Waals surface area contributed by atoms with Crippen molar-refractivity contribution in [2.45, 2.75) is 33.8 Å². The van der Waals surface area contributed by atoms with Crippen LogP contribution in [0, 0.1) is 20.8 Å². The maximum atomic E-state index is 12.5. The van der Waals surface area contributed by atoms with Gasteiger partial charge in [-0.05, 0) is 58.0 Å². The molecule has 0 saturated heterocycles. The van der Waals surface area contributed by atoms with Crippen molar-refractivity contribution in [1.29, 1.82) is 0 Å². The fourth-order valence-corrected chi connectivity index (χ4v) is 2.98. The fourth-order valence-electron chi connectivity index (χ4n) is 2.98. The van der Waals surface area contributed by atoms with E-state index in [2.05, 4.69) is 20.3 Å². The molecule has 0 saturated carbocycles. The van der Waals surface area contributed by atoms with Crippen LogP contribution in [0.3, 0.4) is 0 Å². The van der Waals surface area contributed by atoms with E-state index in [9.17, 15) is 4.79 Å². The second-order valence-corrected chi connectivity index (χ2v) is 7.10. The highest BCUT2D eigenvalue weighted by molar-refractivity contribution is 5.89. The third-order valence-electron chi connectivity index (χ3n) is 4.58. The molecule has 0 bridgehead atoms. The van der Waals surface area contributed by atoms with Crippen LogP contribution in [-0.4, -0.2) is 30.9 Å². The normalized spacial score (nSPS) is 12.0. The van der Waals surface area contributed by atoms with Crippen LogP contribution >= 0.6 is 0 Å². The largest absolute Gasteiger partial charge is 0.449 e. The van der Waals surface area contributed by atoms with Gasteiger partial charge < -0.3 is 9.15 Å². The van der Waals surface area contributed by atoms with Gasteiger partial charge in [-0.1, -0.05) is 17.7 Å². The molecule has 0 aliphatic carbocycles. The van der Waals surface area contributed by atoms with Crippen LogP contribution in [0.2, 0.25) is 0 Å². The van der Waals surface area contributed by atoms with Gasteiger partial charge in [-0.15, -0.1) is 10.2 Å². The zero-order valence-electron chi connectivity index (χ0n) is 17.2. The van der Waals surface area contributed by atoms with E-state index in [-0.39, 0.29) is 5.89 Å². The molecule has 4 aromatic rings. The monoisotopic (exact) mass is 403 g/mol. The van der Waals surface area contributed by atoms with Gasteiger partial charge in [0.15, 0.2) is 11.9 Å². The van der Waals surface area contributed by atoms with Crippen LogP contribution in [0.1, 0.15) is 46.2 Å². The first-order valence-corrected chi connectivity index (χ1v) is 9.52. The van der Waals surface area contributed by atoms with E-state index in [1.54, 1.807) is 23.7 Å². The lowest BCUT2D eigenvalue weighted by molar-refractivity contribution is 0.0279. The molecule has 1 aromatic carbocycles. The number of aryl methyl sites for hydroxylation is 3. The summed E-state index contributed by atoms with van der Waals surface area (Å²) in [6.45, 7) is 7.55. The molecule has 0 fully saturated rings. The predicted molar refractivity (Wildman–Crippen MR) is 109 cm³/mol. The molecule has 3 aromatic heterocycles. The molecule has 0 radical (unpaired) electrons. The number of rotatable bonds is 5. The van der Waals surface area contributed by atoms with Crippen molar-refractivity contribution in [3.8, 4) is 17.3 Å². The van der Waals surface area contributed by atoms with Crippen molar-refractivity contribution in [2.24, 2.45) is 0 Å². The molecule has 8 heteroatoms. The number of ether oxygens (including phenoxy) is 1. The van der Waals surface area contributed by atoms with Crippen molar-refractivity contribution >= 4 is 5.97 Å². The van der Waals surface area contributed by atoms with Crippen LogP contribution in [0.25, 0.3) is 17.3 Å². The minimum Gasteiger partial charge on any atom is -0.449 e. The van der Waals surface area contributed by atoms with Gasteiger partial charge in [0.05, 0.1) is 11.3 Å². The van der Waals surface area contributed by atoms with E-state index < -0.39 is 12.1 Å². The Morgan fingerprint density at radius 1 is 1.07 bits per heavy atom. The van der Waals surface area contributed by atoms with E-state index in [1.807, 2.05) is 51.1 Å². The lowest BCUT2D eigenvalue weighted by Crippen LogP contribution is -2.11. The van der Waals surface area contributed by atoms with Gasteiger partial charge in [0.1, 0.15) is 0 Å². The fraction of sp³-hybridized carbons (Fsp3) is 0.227. The summed E-state index contributed by atoms with van der Waals surface area (Å²) in [5.74, 6) is 0.713. The third-order valence-corrected chi connectivity index (χ3v) is 4.58. The molecule has 0 spiro atoms. The van der Waals surface area contributed by atoms with E-state index in [4.69, 9.17) is 9.15 Å². The minimum atomic E-state index is -0.695. The van der Waals surface area contributed by atoms with Crippen LogP contribution < -0.4 is 0 Å². The van der Waals surface area contributed by atoms with E-state index in [1.165, 1.54) is 6.20 Å². The minimum absolute atomic E-state index is 0.228. The molecule has 0 aliphatic rings.